The molecule has 28 heavy (non-hydrogen) atoms. The van der Waals surface area contributed by atoms with Gasteiger partial charge in [0.15, 0.2) is 5.82 Å². The summed E-state index contributed by atoms with van der Waals surface area (Å²) in [5, 5.41) is 9.14. The zero-order chi connectivity index (χ0) is 19.7. The third kappa shape index (κ3) is 3.53. The lowest BCUT2D eigenvalue weighted by atomic mass is 10.2. The van der Waals surface area contributed by atoms with Crippen molar-refractivity contribution in [3.8, 4) is 22.2 Å². The lowest BCUT2D eigenvalue weighted by molar-refractivity contribution is -0.117. The Bertz CT molecular complexity index is 1050. The molecule has 1 saturated carbocycles. The minimum atomic E-state index is -0.358. The van der Waals surface area contributed by atoms with Gasteiger partial charge in [0.25, 0.3) is 0 Å². The number of carbonyl (C=O) groups excluding carboxylic acids is 1. The van der Waals surface area contributed by atoms with Crippen molar-refractivity contribution in [1.29, 1.82) is 0 Å². The summed E-state index contributed by atoms with van der Waals surface area (Å²) in [4.78, 5) is 26.3. The van der Waals surface area contributed by atoms with Gasteiger partial charge in [-0.25, -0.2) is 9.48 Å². The number of anilines is 1. The first-order valence-electron chi connectivity index (χ1n) is 8.86. The van der Waals surface area contributed by atoms with Crippen molar-refractivity contribution in [2.45, 2.75) is 25.4 Å². The molecular formula is C19H20N4O4S. The number of nitrogens with zero attached hydrogens (tertiary/aromatic N) is 3. The Morgan fingerprint density at radius 2 is 2.11 bits per heavy atom. The molecule has 0 atom stereocenters. The summed E-state index contributed by atoms with van der Waals surface area (Å²) in [6.45, 7) is -0.174. The molecule has 2 heterocycles. The highest BCUT2D eigenvalue weighted by atomic mass is 32.1. The number of ether oxygens (including phenoxy) is 2. The van der Waals surface area contributed by atoms with Crippen LogP contribution in [0.25, 0.3) is 10.7 Å². The van der Waals surface area contributed by atoms with Crippen molar-refractivity contribution in [1.82, 2.24) is 14.3 Å². The van der Waals surface area contributed by atoms with E-state index in [0.29, 0.717) is 23.0 Å². The molecule has 0 saturated heterocycles. The van der Waals surface area contributed by atoms with Crippen LogP contribution < -0.4 is 20.5 Å². The minimum Gasteiger partial charge on any atom is -0.497 e. The molecular weight excluding hydrogens is 380 g/mol. The highest BCUT2D eigenvalue weighted by Gasteiger charge is 2.31. The second kappa shape index (κ2) is 7.51. The number of amides is 1. The molecule has 4 rings (SSSR count). The first-order chi connectivity index (χ1) is 13.6. The van der Waals surface area contributed by atoms with Crippen LogP contribution in [-0.4, -0.2) is 34.5 Å². The fourth-order valence-corrected chi connectivity index (χ4v) is 3.69. The molecule has 0 bridgehead atoms. The average Bonchev–Trinajstić information content (AvgIpc) is 3.28. The Morgan fingerprint density at radius 1 is 1.29 bits per heavy atom. The largest absolute Gasteiger partial charge is 0.497 e. The Balaban J connectivity index is 1.57. The van der Waals surface area contributed by atoms with Gasteiger partial charge in [0.05, 0.1) is 24.8 Å². The number of hydrogen-bond donors (Lipinski definition) is 1. The van der Waals surface area contributed by atoms with Crippen LogP contribution in [0.3, 0.4) is 0 Å². The van der Waals surface area contributed by atoms with Crippen molar-refractivity contribution in [3.63, 3.8) is 0 Å². The summed E-state index contributed by atoms with van der Waals surface area (Å²) in [5.41, 5.74) is 0.240. The molecule has 146 valence electrons. The maximum absolute atomic E-state index is 12.8. The van der Waals surface area contributed by atoms with Gasteiger partial charge in [-0.15, -0.1) is 16.4 Å². The highest BCUT2D eigenvalue weighted by molar-refractivity contribution is 7.13. The summed E-state index contributed by atoms with van der Waals surface area (Å²) in [6, 6.07) is 9.11. The summed E-state index contributed by atoms with van der Waals surface area (Å²) in [5.74, 6) is 1.36. The van der Waals surface area contributed by atoms with Crippen LogP contribution in [0.1, 0.15) is 18.9 Å². The fraction of sp³-hybridized carbons (Fsp3) is 0.316. The van der Waals surface area contributed by atoms with E-state index in [0.717, 1.165) is 17.7 Å². The number of carbonyl (C=O) groups is 1. The topological polar surface area (TPSA) is 87.4 Å². The molecule has 1 fully saturated rings. The van der Waals surface area contributed by atoms with E-state index in [9.17, 15) is 9.59 Å². The number of benzene rings is 1. The summed E-state index contributed by atoms with van der Waals surface area (Å²) >= 11 is 1.52. The molecule has 1 N–H and O–H groups in total. The van der Waals surface area contributed by atoms with Crippen LogP contribution >= 0.6 is 11.3 Å². The molecule has 1 aliphatic carbocycles. The zero-order valence-corrected chi connectivity index (χ0v) is 16.4. The van der Waals surface area contributed by atoms with Crippen LogP contribution in [0.2, 0.25) is 0 Å². The van der Waals surface area contributed by atoms with Crippen molar-refractivity contribution < 1.29 is 14.3 Å². The summed E-state index contributed by atoms with van der Waals surface area (Å²) in [7, 11) is 3.07. The zero-order valence-electron chi connectivity index (χ0n) is 15.5. The van der Waals surface area contributed by atoms with E-state index in [-0.39, 0.29) is 24.2 Å². The van der Waals surface area contributed by atoms with Gasteiger partial charge in [-0.1, -0.05) is 6.07 Å². The standard InChI is InChI=1S/C19H20N4O4S/c1-26-13-7-8-14(15(10-13)27-2)20-17(24)11-22-19(25)23(12-5-6-12)18(21-22)16-4-3-9-28-16/h3-4,7-10,12H,5-6,11H2,1-2H3,(H,20,24). The molecule has 8 nitrogen and oxygen atoms in total. The lowest BCUT2D eigenvalue weighted by Crippen LogP contribution is -2.30. The van der Waals surface area contributed by atoms with E-state index in [1.807, 2.05) is 17.5 Å². The third-order valence-electron chi connectivity index (χ3n) is 4.50. The number of rotatable bonds is 7. The first kappa shape index (κ1) is 18.3. The second-order valence-electron chi connectivity index (χ2n) is 6.46. The number of aromatic nitrogens is 3. The first-order valence-corrected chi connectivity index (χ1v) is 9.73. The Labute approximate surface area is 165 Å². The number of hydrogen-bond acceptors (Lipinski definition) is 6. The minimum absolute atomic E-state index is 0.170. The molecule has 0 spiro atoms. The van der Waals surface area contributed by atoms with Crippen LogP contribution in [0.15, 0.2) is 40.5 Å². The molecule has 1 aliphatic rings. The van der Waals surface area contributed by atoms with Gasteiger partial charge in [0.1, 0.15) is 18.0 Å². The molecule has 1 aromatic carbocycles. The van der Waals surface area contributed by atoms with Gasteiger partial charge in [0, 0.05) is 12.1 Å². The molecule has 0 aliphatic heterocycles. The predicted molar refractivity (Wildman–Crippen MR) is 106 cm³/mol. The maximum atomic E-state index is 12.8. The average molecular weight is 400 g/mol. The van der Waals surface area contributed by atoms with Crippen molar-refractivity contribution in [2.75, 3.05) is 19.5 Å². The Kier molecular flexibility index (Phi) is 4.91. The Hall–Kier alpha value is -3.07. The SMILES string of the molecule is COc1ccc(NC(=O)Cn2nc(-c3cccs3)n(C3CC3)c2=O)c(OC)c1. The summed E-state index contributed by atoms with van der Waals surface area (Å²) in [6.07, 6.45) is 1.92. The number of methoxy groups -OCH3 is 2. The predicted octanol–water partition coefficient (Wildman–Crippen LogP) is 2.76. The highest BCUT2D eigenvalue weighted by Crippen LogP contribution is 2.37. The van der Waals surface area contributed by atoms with Crippen molar-refractivity contribution in [2.24, 2.45) is 0 Å². The van der Waals surface area contributed by atoms with E-state index in [4.69, 9.17) is 9.47 Å². The van der Waals surface area contributed by atoms with Crippen LogP contribution in [0.5, 0.6) is 11.5 Å². The van der Waals surface area contributed by atoms with Crippen LogP contribution in [0, 0.1) is 0 Å². The summed E-state index contributed by atoms with van der Waals surface area (Å²) < 4.78 is 13.4. The van der Waals surface area contributed by atoms with E-state index < -0.39 is 0 Å². The molecule has 0 unspecified atom stereocenters. The van der Waals surface area contributed by atoms with Gasteiger partial charge >= 0.3 is 5.69 Å². The van der Waals surface area contributed by atoms with Crippen molar-refractivity contribution in [3.05, 3.63) is 46.2 Å². The lowest BCUT2D eigenvalue weighted by Gasteiger charge is -2.11. The molecule has 0 radical (unpaired) electrons. The third-order valence-corrected chi connectivity index (χ3v) is 5.37. The number of thiophene rings is 1. The van der Waals surface area contributed by atoms with Crippen molar-refractivity contribution >= 4 is 22.9 Å². The van der Waals surface area contributed by atoms with Gasteiger partial charge in [-0.05, 0) is 36.4 Å². The monoisotopic (exact) mass is 400 g/mol. The van der Waals surface area contributed by atoms with Gasteiger partial charge in [-0.2, -0.15) is 0 Å². The van der Waals surface area contributed by atoms with Gasteiger partial charge in [0.2, 0.25) is 5.91 Å². The second-order valence-corrected chi connectivity index (χ2v) is 7.40. The maximum Gasteiger partial charge on any atom is 0.346 e. The van der Waals surface area contributed by atoms with Crippen LogP contribution in [-0.2, 0) is 11.3 Å². The smallest absolute Gasteiger partial charge is 0.346 e. The van der Waals surface area contributed by atoms with Gasteiger partial charge < -0.3 is 14.8 Å². The number of nitrogens with one attached hydrogen (secondary N) is 1. The normalized spacial score (nSPS) is 13.4. The van der Waals surface area contributed by atoms with E-state index in [1.165, 1.54) is 23.1 Å². The Morgan fingerprint density at radius 3 is 2.75 bits per heavy atom. The quantitative estimate of drug-likeness (QED) is 0.659. The van der Waals surface area contributed by atoms with E-state index >= 15 is 0 Å². The fourth-order valence-electron chi connectivity index (χ4n) is 2.99. The van der Waals surface area contributed by atoms with E-state index in [2.05, 4.69) is 10.4 Å². The molecule has 9 heteroatoms. The molecule has 1 amide bonds. The molecule has 2 aromatic heterocycles. The molecule has 3 aromatic rings. The van der Waals surface area contributed by atoms with Crippen LogP contribution in [0.4, 0.5) is 5.69 Å². The van der Waals surface area contributed by atoms with Gasteiger partial charge in [-0.3, -0.25) is 9.36 Å². The van der Waals surface area contributed by atoms with E-state index in [1.54, 1.807) is 29.9 Å².